The number of aryl methyl sites for hydroxylation is 2. The van der Waals surface area contributed by atoms with Gasteiger partial charge in [-0.1, -0.05) is 22.0 Å². The van der Waals surface area contributed by atoms with E-state index in [1.807, 2.05) is 6.20 Å². The van der Waals surface area contributed by atoms with Crippen LogP contribution >= 0.6 is 15.9 Å². The molecule has 1 N–H and O–H groups in total. The molecule has 4 heteroatoms. The van der Waals surface area contributed by atoms with Gasteiger partial charge in [0.2, 0.25) is 5.95 Å². The average molecular weight is 280 g/mol. The van der Waals surface area contributed by atoms with Gasteiger partial charge in [0.1, 0.15) is 0 Å². The number of anilines is 2. The first-order chi connectivity index (χ1) is 7.70. The van der Waals surface area contributed by atoms with Crippen LogP contribution in [0.3, 0.4) is 0 Å². The monoisotopic (exact) mass is 279 g/mol. The number of rotatable bonds is 3. The minimum atomic E-state index is 0.873. The lowest BCUT2D eigenvalue weighted by atomic mass is 10.2. The molecule has 0 amide bonds. The van der Waals surface area contributed by atoms with E-state index in [0.29, 0.717) is 0 Å². The highest BCUT2D eigenvalue weighted by atomic mass is 79.9. The van der Waals surface area contributed by atoms with Crippen LogP contribution in [-0.2, 0) is 6.54 Å². The first-order valence-corrected chi connectivity index (χ1v) is 6.04. The van der Waals surface area contributed by atoms with Crippen LogP contribution in [0.5, 0.6) is 0 Å². The molecule has 0 saturated heterocycles. The molecule has 0 aliphatic rings. The Hall–Kier alpha value is -1.29. The zero-order chi connectivity index (χ0) is 11.5. The molecule has 0 aliphatic heterocycles. The Bertz CT molecular complexity index is 491. The van der Waals surface area contributed by atoms with Gasteiger partial charge >= 0.3 is 0 Å². The fourth-order valence-electron chi connectivity index (χ4n) is 1.49. The summed E-state index contributed by atoms with van der Waals surface area (Å²) < 4.78 is 3.17. The molecule has 0 atom stereocenters. The molecule has 84 valence electrons. The molecule has 3 nitrogen and oxygen atoms in total. The SMILES string of the molecule is CCn1ccnc1Nc1ccc(C)c(Br)c1. The Morgan fingerprint density at radius 2 is 2.25 bits per heavy atom. The summed E-state index contributed by atoms with van der Waals surface area (Å²) in [5, 5.41) is 3.29. The predicted octanol–water partition coefficient (Wildman–Crippen LogP) is 3.72. The second-order valence-electron chi connectivity index (χ2n) is 3.63. The molecule has 1 heterocycles. The van der Waals surface area contributed by atoms with Crippen LogP contribution in [0.15, 0.2) is 35.1 Å². The summed E-state index contributed by atoms with van der Waals surface area (Å²) >= 11 is 3.52. The summed E-state index contributed by atoms with van der Waals surface area (Å²) in [4.78, 5) is 4.27. The number of benzene rings is 1. The third kappa shape index (κ3) is 2.27. The number of halogens is 1. The Balaban J connectivity index is 2.24. The van der Waals surface area contributed by atoms with Gasteiger partial charge < -0.3 is 9.88 Å². The minimum Gasteiger partial charge on any atom is -0.326 e. The number of imidazole rings is 1. The van der Waals surface area contributed by atoms with Crippen molar-refractivity contribution in [2.75, 3.05) is 5.32 Å². The predicted molar refractivity (Wildman–Crippen MR) is 70.1 cm³/mol. The maximum absolute atomic E-state index is 4.27. The molecule has 16 heavy (non-hydrogen) atoms. The van der Waals surface area contributed by atoms with Crippen molar-refractivity contribution >= 4 is 27.6 Å². The standard InChI is InChI=1S/C12H14BrN3/c1-3-16-7-6-14-12(16)15-10-5-4-9(2)11(13)8-10/h4-8H,3H2,1-2H3,(H,14,15). The molecule has 0 spiro atoms. The molecule has 1 aromatic carbocycles. The number of aromatic nitrogens is 2. The van der Waals surface area contributed by atoms with Crippen molar-refractivity contribution in [2.24, 2.45) is 0 Å². The van der Waals surface area contributed by atoms with Crippen LogP contribution < -0.4 is 5.32 Å². The molecule has 0 saturated carbocycles. The van der Waals surface area contributed by atoms with Gasteiger partial charge in [-0.2, -0.15) is 0 Å². The summed E-state index contributed by atoms with van der Waals surface area (Å²) in [7, 11) is 0. The van der Waals surface area contributed by atoms with E-state index in [2.05, 4.69) is 62.8 Å². The van der Waals surface area contributed by atoms with Crippen LogP contribution in [0.4, 0.5) is 11.6 Å². The van der Waals surface area contributed by atoms with Crippen molar-refractivity contribution in [3.8, 4) is 0 Å². The van der Waals surface area contributed by atoms with E-state index in [-0.39, 0.29) is 0 Å². The van der Waals surface area contributed by atoms with E-state index >= 15 is 0 Å². The summed E-state index contributed by atoms with van der Waals surface area (Å²) in [6.07, 6.45) is 3.76. The van der Waals surface area contributed by atoms with E-state index in [1.165, 1.54) is 5.56 Å². The average Bonchev–Trinajstić information content (AvgIpc) is 2.71. The van der Waals surface area contributed by atoms with Crippen molar-refractivity contribution < 1.29 is 0 Å². The zero-order valence-electron chi connectivity index (χ0n) is 9.37. The quantitative estimate of drug-likeness (QED) is 0.928. The molecule has 0 bridgehead atoms. The highest BCUT2D eigenvalue weighted by Crippen LogP contribution is 2.22. The van der Waals surface area contributed by atoms with Gasteiger partial charge in [0.15, 0.2) is 0 Å². The van der Waals surface area contributed by atoms with Crippen molar-refractivity contribution in [1.29, 1.82) is 0 Å². The van der Waals surface area contributed by atoms with Gasteiger partial charge in [0, 0.05) is 29.1 Å². The second kappa shape index (κ2) is 4.70. The molecular formula is C12H14BrN3. The molecular weight excluding hydrogens is 266 g/mol. The first kappa shape index (κ1) is 11.2. The lowest BCUT2D eigenvalue weighted by Crippen LogP contribution is -2.01. The van der Waals surface area contributed by atoms with Crippen molar-refractivity contribution in [3.63, 3.8) is 0 Å². The third-order valence-corrected chi connectivity index (χ3v) is 3.34. The minimum absolute atomic E-state index is 0.873. The Labute approximate surface area is 104 Å². The molecule has 0 fully saturated rings. The van der Waals surface area contributed by atoms with Crippen LogP contribution in [0.2, 0.25) is 0 Å². The number of nitrogens with zero attached hydrogens (tertiary/aromatic N) is 2. The van der Waals surface area contributed by atoms with Gasteiger partial charge in [-0.15, -0.1) is 0 Å². The molecule has 2 rings (SSSR count). The number of hydrogen-bond acceptors (Lipinski definition) is 2. The van der Waals surface area contributed by atoms with Crippen LogP contribution in [0.1, 0.15) is 12.5 Å². The van der Waals surface area contributed by atoms with Crippen molar-refractivity contribution in [2.45, 2.75) is 20.4 Å². The Morgan fingerprint density at radius 1 is 1.44 bits per heavy atom. The topological polar surface area (TPSA) is 29.9 Å². The molecule has 0 aliphatic carbocycles. The van der Waals surface area contributed by atoms with E-state index < -0.39 is 0 Å². The van der Waals surface area contributed by atoms with Crippen molar-refractivity contribution in [1.82, 2.24) is 9.55 Å². The van der Waals surface area contributed by atoms with Gasteiger partial charge in [-0.05, 0) is 31.5 Å². The lowest BCUT2D eigenvalue weighted by molar-refractivity contribution is 0.772. The number of hydrogen-bond donors (Lipinski definition) is 1. The summed E-state index contributed by atoms with van der Waals surface area (Å²) in [6, 6.07) is 6.18. The van der Waals surface area contributed by atoms with Gasteiger partial charge in [-0.25, -0.2) is 4.98 Å². The van der Waals surface area contributed by atoms with Gasteiger partial charge in [0.25, 0.3) is 0 Å². The second-order valence-corrected chi connectivity index (χ2v) is 4.48. The zero-order valence-corrected chi connectivity index (χ0v) is 11.0. The Morgan fingerprint density at radius 3 is 2.94 bits per heavy atom. The first-order valence-electron chi connectivity index (χ1n) is 5.25. The van der Waals surface area contributed by atoms with Gasteiger partial charge in [-0.3, -0.25) is 0 Å². The van der Waals surface area contributed by atoms with E-state index in [9.17, 15) is 0 Å². The summed E-state index contributed by atoms with van der Waals surface area (Å²) in [5.41, 5.74) is 2.27. The smallest absolute Gasteiger partial charge is 0.207 e. The maximum Gasteiger partial charge on any atom is 0.207 e. The van der Waals surface area contributed by atoms with E-state index in [4.69, 9.17) is 0 Å². The molecule has 1 aromatic heterocycles. The number of nitrogens with one attached hydrogen (secondary N) is 1. The fraction of sp³-hybridized carbons (Fsp3) is 0.250. The maximum atomic E-state index is 4.27. The van der Waals surface area contributed by atoms with Gasteiger partial charge in [0.05, 0.1) is 0 Å². The van der Waals surface area contributed by atoms with E-state index in [0.717, 1.165) is 22.7 Å². The molecule has 0 radical (unpaired) electrons. The lowest BCUT2D eigenvalue weighted by Gasteiger charge is -2.08. The van der Waals surface area contributed by atoms with Crippen molar-refractivity contribution in [3.05, 3.63) is 40.6 Å². The van der Waals surface area contributed by atoms with Crippen LogP contribution in [0, 0.1) is 6.92 Å². The normalized spacial score (nSPS) is 10.4. The Kier molecular flexibility index (Phi) is 3.29. The van der Waals surface area contributed by atoms with Crippen LogP contribution in [-0.4, -0.2) is 9.55 Å². The fourth-order valence-corrected chi connectivity index (χ4v) is 1.87. The summed E-state index contributed by atoms with van der Waals surface area (Å²) in [6.45, 7) is 5.08. The highest BCUT2D eigenvalue weighted by molar-refractivity contribution is 9.10. The summed E-state index contributed by atoms with van der Waals surface area (Å²) in [5.74, 6) is 0.873. The highest BCUT2D eigenvalue weighted by Gasteiger charge is 2.02. The molecule has 2 aromatic rings. The third-order valence-electron chi connectivity index (χ3n) is 2.48. The van der Waals surface area contributed by atoms with Crippen LogP contribution in [0.25, 0.3) is 0 Å². The van der Waals surface area contributed by atoms with E-state index in [1.54, 1.807) is 6.20 Å². The largest absolute Gasteiger partial charge is 0.326 e. The molecule has 0 unspecified atom stereocenters.